The van der Waals surface area contributed by atoms with E-state index in [0.717, 1.165) is 17.6 Å². The van der Waals surface area contributed by atoms with Crippen LogP contribution in [0.25, 0.3) is 5.57 Å². The van der Waals surface area contributed by atoms with Crippen LogP contribution in [0.15, 0.2) is 30.3 Å². The van der Waals surface area contributed by atoms with E-state index in [1.54, 1.807) is 12.1 Å². The molecule has 1 aromatic rings. The maximum atomic E-state index is 13.6. The van der Waals surface area contributed by atoms with Crippen molar-refractivity contribution in [1.29, 1.82) is 10.0 Å². The van der Waals surface area contributed by atoms with Crippen molar-refractivity contribution in [3.05, 3.63) is 41.5 Å². The number of alkyl halides is 3. The van der Waals surface area contributed by atoms with Crippen LogP contribution in [0.2, 0.25) is 0 Å². The van der Waals surface area contributed by atoms with Crippen molar-refractivity contribution in [2.45, 2.75) is 50.2 Å². The molecule has 1 aliphatic carbocycles. The Morgan fingerprint density at radius 1 is 1.29 bits per heavy atom. The number of halogens is 3. The average molecular weight is 458 g/mol. The van der Waals surface area contributed by atoms with E-state index in [1.165, 1.54) is 12.1 Å². The topological polar surface area (TPSA) is 128 Å². The van der Waals surface area contributed by atoms with Crippen molar-refractivity contribution < 1.29 is 27.3 Å². The lowest BCUT2D eigenvalue weighted by Crippen LogP contribution is -2.32. The first-order valence-corrected chi connectivity index (χ1v) is 11.8. The maximum absolute atomic E-state index is 13.6. The van der Waals surface area contributed by atoms with Crippen molar-refractivity contribution in [3.63, 3.8) is 0 Å². The summed E-state index contributed by atoms with van der Waals surface area (Å²) < 4.78 is 61.0. The fourth-order valence-corrected chi connectivity index (χ4v) is 4.97. The molecule has 10 heteroatoms. The van der Waals surface area contributed by atoms with Gasteiger partial charge in [-0.15, -0.1) is 0 Å². The zero-order chi connectivity index (χ0) is 23.2. The van der Waals surface area contributed by atoms with E-state index in [2.05, 4.69) is 6.07 Å². The highest BCUT2D eigenvalue weighted by Gasteiger charge is 2.40. The van der Waals surface area contributed by atoms with Crippen LogP contribution in [0.5, 0.6) is 0 Å². The third-order valence-corrected chi connectivity index (χ3v) is 7.27. The predicted octanol–water partition coefficient (Wildman–Crippen LogP) is 4.28. The molecule has 0 aliphatic heterocycles. The first-order valence-electron chi connectivity index (χ1n) is 9.91. The first-order chi connectivity index (χ1) is 14.4. The Bertz CT molecular complexity index is 951. The van der Waals surface area contributed by atoms with E-state index >= 15 is 0 Å². The molecule has 0 amide bonds. The lowest BCUT2D eigenvalue weighted by Gasteiger charge is -2.22. The molecule has 0 spiro atoms. The van der Waals surface area contributed by atoms with Crippen molar-refractivity contribution >= 4 is 21.3 Å². The summed E-state index contributed by atoms with van der Waals surface area (Å²) in [5.41, 5.74) is 7.17. The lowest BCUT2D eigenvalue weighted by atomic mass is 9.86. The maximum Gasteiger partial charge on any atom is 0.395 e. The molecule has 0 bridgehead atoms. The number of rotatable bonds is 9. The van der Waals surface area contributed by atoms with E-state index < -0.39 is 46.0 Å². The fourth-order valence-electron chi connectivity index (χ4n) is 3.51. The summed E-state index contributed by atoms with van der Waals surface area (Å²) in [4.78, 5) is 10.7. The Morgan fingerprint density at radius 3 is 2.39 bits per heavy atom. The monoisotopic (exact) mass is 457 g/mol. The summed E-state index contributed by atoms with van der Waals surface area (Å²) in [6.07, 6.45) is -1.34. The third-order valence-electron chi connectivity index (χ3n) is 5.48. The summed E-state index contributed by atoms with van der Waals surface area (Å²) in [5, 5.41) is 17.7. The van der Waals surface area contributed by atoms with Gasteiger partial charge in [-0.05, 0) is 48.8 Å². The van der Waals surface area contributed by atoms with Gasteiger partial charge in [-0.2, -0.15) is 18.4 Å². The van der Waals surface area contributed by atoms with Crippen LogP contribution in [-0.4, -0.2) is 39.0 Å². The second kappa shape index (κ2) is 10.3. The molecule has 0 fully saturated rings. The number of benzene rings is 1. The van der Waals surface area contributed by atoms with Crippen LogP contribution in [-0.2, 0) is 14.5 Å². The molecule has 0 heterocycles. The zero-order valence-corrected chi connectivity index (χ0v) is 17.7. The van der Waals surface area contributed by atoms with E-state index in [1.807, 2.05) is 6.08 Å². The second-order valence-corrected chi connectivity index (χ2v) is 10.2. The van der Waals surface area contributed by atoms with Crippen molar-refractivity contribution in [1.82, 2.24) is 0 Å². The van der Waals surface area contributed by atoms with E-state index in [0.29, 0.717) is 12.8 Å². The minimum Gasteiger partial charge on any atom is -0.480 e. The van der Waals surface area contributed by atoms with Crippen LogP contribution in [0.1, 0.15) is 49.1 Å². The van der Waals surface area contributed by atoms with Crippen LogP contribution < -0.4 is 5.73 Å². The number of aliphatic carboxylic acids is 1. The molecule has 6 nitrogen and oxygen atoms in total. The number of carboxylic acids is 1. The quantitative estimate of drug-likeness (QED) is 0.510. The van der Waals surface area contributed by atoms with Gasteiger partial charge < -0.3 is 10.8 Å². The van der Waals surface area contributed by atoms with Gasteiger partial charge in [0.1, 0.15) is 6.04 Å². The van der Waals surface area contributed by atoms with E-state index in [9.17, 15) is 22.2 Å². The largest absolute Gasteiger partial charge is 0.480 e. The molecule has 2 rings (SSSR count). The smallest absolute Gasteiger partial charge is 0.395 e. The number of nitrogens with one attached hydrogen (secondary N) is 1. The summed E-state index contributed by atoms with van der Waals surface area (Å²) in [7, 11) is -3.39. The number of hydrogen-bond acceptors (Lipinski definition) is 5. The summed E-state index contributed by atoms with van der Waals surface area (Å²) in [6, 6.07) is 6.96. The molecule has 0 saturated carbocycles. The molecule has 0 radical (unpaired) electrons. The van der Waals surface area contributed by atoms with Gasteiger partial charge >= 0.3 is 12.1 Å². The number of carboxylic acid groups (broad SMARTS) is 1. The van der Waals surface area contributed by atoms with Crippen LogP contribution in [0.3, 0.4) is 0 Å². The number of allylic oxidation sites excluding steroid dienone is 2. The average Bonchev–Trinajstić information content (AvgIpc) is 2.71. The molecule has 1 aliphatic rings. The predicted molar refractivity (Wildman–Crippen MR) is 112 cm³/mol. The van der Waals surface area contributed by atoms with Crippen LogP contribution >= 0.6 is 0 Å². The van der Waals surface area contributed by atoms with Gasteiger partial charge in [0.25, 0.3) is 0 Å². The Morgan fingerprint density at radius 2 is 1.90 bits per heavy atom. The molecule has 3 unspecified atom stereocenters. The normalized spacial score (nSPS) is 20.7. The minimum absolute atomic E-state index is 0.0255. The molecule has 1 aromatic carbocycles. The molecule has 0 saturated heterocycles. The Balaban J connectivity index is 2.08. The number of nitriles is 1. The Kier molecular flexibility index (Phi) is 8.26. The van der Waals surface area contributed by atoms with Gasteiger partial charge in [0.15, 0.2) is 0 Å². The van der Waals surface area contributed by atoms with Gasteiger partial charge in [0, 0.05) is 21.2 Å². The fraction of sp³-hybridized carbons (Fsp3) is 0.524. The Hall–Kier alpha value is -2.38. The van der Waals surface area contributed by atoms with Crippen LogP contribution in [0.4, 0.5) is 13.2 Å². The Labute approximate surface area is 179 Å². The number of nitrogens with two attached hydrogens (primary N) is 1. The SMILES string of the molecule is N#CC1CC=C(c2ccc(C(CCS(=N)(=O)CC[C@H](N)C(=O)O)C(F)(F)F)cc2)CC1. The van der Waals surface area contributed by atoms with Gasteiger partial charge in [-0.1, -0.05) is 30.3 Å². The van der Waals surface area contributed by atoms with Crippen molar-refractivity contribution in [2.75, 3.05) is 11.5 Å². The molecular formula is C21H26F3N3O3S. The van der Waals surface area contributed by atoms with Gasteiger partial charge in [0.05, 0.1) is 17.9 Å². The molecule has 4 atom stereocenters. The highest BCUT2D eigenvalue weighted by Crippen LogP contribution is 2.39. The summed E-state index contributed by atoms with van der Waals surface area (Å²) in [6.45, 7) is 0. The lowest BCUT2D eigenvalue weighted by molar-refractivity contribution is -0.150. The number of nitrogens with zero attached hydrogens (tertiary/aromatic N) is 1. The number of hydrogen-bond donors (Lipinski definition) is 3. The minimum atomic E-state index is -4.57. The van der Waals surface area contributed by atoms with Crippen molar-refractivity contribution in [3.8, 4) is 6.07 Å². The molecule has 31 heavy (non-hydrogen) atoms. The highest BCUT2D eigenvalue weighted by atomic mass is 32.2. The standard InChI is InChI=1S/C21H26F3N3O3S/c22-21(23,24)18(9-11-31(27,30)12-10-19(26)20(28)29)17-7-5-16(6-8-17)15-3-1-14(13-25)2-4-15/h3,5-8,14,18-19,27H,1-2,4,9-12,26H2,(H,28,29)/t14?,18?,19-,31?/m0/s1. The molecule has 4 N–H and O–H groups in total. The number of carbonyl (C=O) groups is 1. The zero-order valence-electron chi connectivity index (χ0n) is 16.9. The molecule has 170 valence electrons. The summed E-state index contributed by atoms with van der Waals surface area (Å²) >= 11 is 0. The van der Waals surface area contributed by atoms with Gasteiger partial charge in [-0.3, -0.25) is 9.57 Å². The van der Waals surface area contributed by atoms with Gasteiger partial charge in [-0.25, -0.2) is 4.21 Å². The molecular weight excluding hydrogens is 431 g/mol. The molecule has 0 aromatic heterocycles. The van der Waals surface area contributed by atoms with Gasteiger partial charge in [0.2, 0.25) is 0 Å². The van der Waals surface area contributed by atoms with E-state index in [4.69, 9.17) is 20.9 Å². The van der Waals surface area contributed by atoms with E-state index in [-0.39, 0.29) is 23.7 Å². The van der Waals surface area contributed by atoms with Crippen molar-refractivity contribution in [2.24, 2.45) is 11.7 Å². The highest BCUT2D eigenvalue weighted by molar-refractivity contribution is 7.92. The van der Waals surface area contributed by atoms with Crippen LogP contribution in [0, 0.1) is 22.0 Å². The first kappa shape index (κ1) is 24.9. The summed E-state index contributed by atoms with van der Waals surface area (Å²) in [5.74, 6) is -4.06. The third kappa shape index (κ3) is 7.36. The second-order valence-electron chi connectivity index (χ2n) is 7.79.